The summed E-state index contributed by atoms with van der Waals surface area (Å²) in [5.74, 6) is 1.70. The van der Waals surface area contributed by atoms with Crippen LogP contribution in [0.3, 0.4) is 0 Å². The summed E-state index contributed by atoms with van der Waals surface area (Å²) in [6.45, 7) is 16.6. The Morgan fingerprint density at radius 2 is 2.04 bits per heavy atom. The van der Waals surface area contributed by atoms with Crippen molar-refractivity contribution in [2.45, 2.75) is 53.0 Å². The average Bonchev–Trinajstić information content (AvgIpc) is 2.95. The molecule has 0 radical (unpaired) electrons. The van der Waals surface area contributed by atoms with Crippen LogP contribution in [0.25, 0.3) is 0 Å². The minimum atomic E-state index is 0.467. The van der Waals surface area contributed by atoms with Gasteiger partial charge < -0.3 is 20.4 Å². The normalized spacial score (nSPS) is 21.0. The zero-order chi connectivity index (χ0) is 17.1. The third-order valence-electron chi connectivity index (χ3n) is 4.73. The van der Waals surface area contributed by atoms with Gasteiger partial charge in [-0.15, -0.1) is 0 Å². The van der Waals surface area contributed by atoms with Gasteiger partial charge in [0.25, 0.3) is 0 Å². The SMILES string of the molecule is CCNC(=NCC1CCN(C)C1)NC(C)CCCN(CC)CC. The van der Waals surface area contributed by atoms with E-state index in [4.69, 9.17) is 4.99 Å². The number of nitrogens with zero attached hydrogens (tertiary/aromatic N) is 3. The Bertz CT molecular complexity index is 327. The highest BCUT2D eigenvalue weighted by molar-refractivity contribution is 5.80. The molecule has 5 heteroatoms. The summed E-state index contributed by atoms with van der Waals surface area (Å²) in [4.78, 5) is 9.69. The fraction of sp³-hybridized carbons (Fsp3) is 0.944. The Hall–Kier alpha value is -0.810. The third kappa shape index (κ3) is 8.56. The van der Waals surface area contributed by atoms with E-state index in [1.165, 1.54) is 38.9 Å². The molecule has 2 unspecified atom stereocenters. The summed E-state index contributed by atoms with van der Waals surface area (Å²) in [7, 11) is 2.20. The second-order valence-electron chi connectivity index (χ2n) is 6.85. The summed E-state index contributed by atoms with van der Waals surface area (Å²) in [5.41, 5.74) is 0. The van der Waals surface area contributed by atoms with Crippen LogP contribution in [-0.2, 0) is 0 Å². The van der Waals surface area contributed by atoms with E-state index in [0.717, 1.165) is 32.1 Å². The maximum absolute atomic E-state index is 4.80. The first-order valence-electron chi connectivity index (χ1n) is 9.54. The summed E-state index contributed by atoms with van der Waals surface area (Å²) in [6.07, 6.45) is 3.70. The van der Waals surface area contributed by atoms with Crippen LogP contribution >= 0.6 is 0 Å². The van der Waals surface area contributed by atoms with E-state index in [9.17, 15) is 0 Å². The smallest absolute Gasteiger partial charge is 0.191 e. The van der Waals surface area contributed by atoms with Crippen molar-refractivity contribution >= 4 is 5.96 Å². The molecule has 1 aliphatic heterocycles. The van der Waals surface area contributed by atoms with E-state index in [2.05, 4.69) is 55.2 Å². The first-order chi connectivity index (χ1) is 11.1. The van der Waals surface area contributed by atoms with Gasteiger partial charge in [-0.1, -0.05) is 13.8 Å². The molecular weight excluding hydrogens is 286 g/mol. The van der Waals surface area contributed by atoms with E-state index < -0.39 is 0 Å². The molecule has 0 amide bonds. The molecule has 0 aliphatic carbocycles. The van der Waals surface area contributed by atoms with E-state index in [0.29, 0.717) is 12.0 Å². The lowest BCUT2D eigenvalue weighted by Crippen LogP contribution is -2.42. The van der Waals surface area contributed by atoms with Crippen molar-refractivity contribution in [3.63, 3.8) is 0 Å². The standard InChI is InChI=1S/C18H39N5/c1-6-19-18(20-14-17-11-13-22(5)15-17)21-16(4)10-9-12-23(7-2)8-3/h16-17H,6-15H2,1-5H3,(H2,19,20,21). The molecule has 23 heavy (non-hydrogen) atoms. The molecule has 0 bridgehead atoms. The molecule has 2 N–H and O–H groups in total. The largest absolute Gasteiger partial charge is 0.357 e. The number of aliphatic imine (C=N–C) groups is 1. The van der Waals surface area contributed by atoms with Crippen LogP contribution in [0, 0.1) is 5.92 Å². The third-order valence-corrected chi connectivity index (χ3v) is 4.73. The van der Waals surface area contributed by atoms with Gasteiger partial charge in [0.05, 0.1) is 0 Å². The van der Waals surface area contributed by atoms with Gasteiger partial charge in [-0.3, -0.25) is 4.99 Å². The average molecular weight is 326 g/mol. The molecule has 1 saturated heterocycles. The van der Waals surface area contributed by atoms with Crippen molar-refractivity contribution in [1.29, 1.82) is 0 Å². The Balaban J connectivity index is 2.32. The summed E-state index contributed by atoms with van der Waals surface area (Å²) in [6, 6.07) is 0.467. The van der Waals surface area contributed by atoms with E-state index >= 15 is 0 Å². The predicted molar refractivity (Wildman–Crippen MR) is 101 cm³/mol. The highest BCUT2D eigenvalue weighted by atomic mass is 15.2. The first kappa shape index (κ1) is 20.2. The number of hydrogen-bond acceptors (Lipinski definition) is 3. The second-order valence-corrected chi connectivity index (χ2v) is 6.85. The van der Waals surface area contributed by atoms with Gasteiger partial charge in [0.2, 0.25) is 0 Å². The number of likely N-dealkylation sites (tertiary alicyclic amines) is 1. The highest BCUT2D eigenvalue weighted by Gasteiger charge is 2.19. The van der Waals surface area contributed by atoms with Crippen LogP contribution < -0.4 is 10.6 Å². The molecule has 0 aromatic carbocycles. The topological polar surface area (TPSA) is 42.9 Å². The lowest BCUT2D eigenvalue weighted by atomic mass is 10.1. The monoisotopic (exact) mass is 325 g/mol. The van der Waals surface area contributed by atoms with Crippen LogP contribution in [-0.4, -0.2) is 74.7 Å². The van der Waals surface area contributed by atoms with E-state index in [1.54, 1.807) is 0 Å². The van der Waals surface area contributed by atoms with Gasteiger partial charge >= 0.3 is 0 Å². The maximum atomic E-state index is 4.80. The first-order valence-corrected chi connectivity index (χ1v) is 9.54. The van der Waals surface area contributed by atoms with Crippen molar-refractivity contribution in [1.82, 2.24) is 20.4 Å². The maximum Gasteiger partial charge on any atom is 0.191 e. The summed E-state index contributed by atoms with van der Waals surface area (Å²) in [5, 5.41) is 6.95. The minimum Gasteiger partial charge on any atom is -0.357 e. The number of hydrogen-bond donors (Lipinski definition) is 2. The predicted octanol–water partition coefficient (Wildman–Crippen LogP) is 2.00. The molecule has 1 aliphatic rings. The van der Waals surface area contributed by atoms with Crippen molar-refractivity contribution in [2.75, 3.05) is 52.9 Å². The number of rotatable bonds is 10. The molecule has 0 aromatic heterocycles. The molecule has 1 fully saturated rings. The Morgan fingerprint density at radius 1 is 1.30 bits per heavy atom. The lowest BCUT2D eigenvalue weighted by molar-refractivity contribution is 0.292. The summed E-state index contributed by atoms with van der Waals surface area (Å²) < 4.78 is 0. The van der Waals surface area contributed by atoms with Crippen LogP contribution in [0.5, 0.6) is 0 Å². The molecule has 136 valence electrons. The van der Waals surface area contributed by atoms with Crippen LogP contribution in [0.2, 0.25) is 0 Å². The molecule has 5 nitrogen and oxygen atoms in total. The van der Waals surface area contributed by atoms with Gasteiger partial charge in [-0.05, 0) is 72.3 Å². The lowest BCUT2D eigenvalue weighted by Gasteiger charge is -2.21. The van der Waals surface area contributed by atoms with E-state index in [1.807, 2.05) is 0 Å². The zero-order valence-corrected chi connectivity index (χ0v) is 16.1. The Morgan fingerprint density at radius 3 is 2.61 bits per heavy atom. The van der Waals surface area contributed by atoms with Gasteiger partial charge in [-0.2, -0.15) is 0 Å². The molecule has 0 aromatic rings. The molecular formula is C18H39N5. The summed E-state index contributed by atoms with van der Waals surface area (Å²) >= 11 is 0. The molecule has 1 rings (SSSR count). The van der Waals surface area contributed by atoms with Gasteiger partial charge in [0.1, 0.15) is 0 Å². The molecule has 0 saturated carbocycles. The van der Waals surface area contributed by atoms with Crippen molar-refractivity contribution in [3.8, 4) is 0 Å². The van der Waals surface area contributed by atoms with E-state index in [-0.39, 0.29) is 0 Å². The highest BCUT2D eigenvalue weighted by Crippen LogP contribution is 2.14. The molecule has 2 atom stereocenters. The fourth-order valence-corrected chi connectivity index (χ4v) is 3.18. The minimum absolute atomic E-state index is 0.467. The Labute approximate surface area is 143 Å². The van der Waals surface area contributed by atoms with Gasteiger partial charge in [0, 0.05) is 25.7 Å². The van der Waals surface area contributed by atoms with Crippen molar-refractivity contribution in [2.24, 2.45) is 10.9 Å². The zero-order valence-electron chi connectivity index (χ0n) is 16.1. The van der Waals surface area contributed by atoms with Crippen LogP contribution in [0.1, 0.15) is 47.0 Å². The Kier molecular flexibility index (Phi) is 10.3. The fourth-order valence-electron chi connectivity index (χ4n) is 3.18. The second kappa shape index (κ2) is 11.7. The number of nitrogens with one attached hydrogen (secondary N) is 2. The van der Waals surface area contributed by atoms with Crippen molar-refractivity contribution < 1.29 is 0 Å². The van der Waals surface area contributed by atoms with Crippen LogP contribution in [0.4, 0.5) is 0 Å². The van der Waals surface area contributed by atoms with Crippen molar-refractivity contribution in [3.05, 3.63) is 0 Å². The molecule has 1 heterocycles. The molecule has 0 spiro atoms. The van der Waals surface area contributed by atoms with Gasteiger partial charge in [0.15, 0.2) is 5.96 Å². The van der Waals surface area contributed by atoms with Gasteiger partial charge in [-0.25, -0.2) is 0 Å². The number of guanidine groups is 1. The van der Waals surface area contributed by atoms with Crippen LogP contribution in [0.15, 0.2) is 4.99 Å². The quantitative estimate of drug-likeness (QED) is 0.476.